The van der Waals surface area contributed by atoms with E-state index in [9.17, 15) is 0 Å². The predicted molar refractivity (Wildman–Crippen MR) is 122 cm³/mol. The van der Waals surface area contributed by atoms with Gasteiger partial charge >= 0.3 is 0 Å². The average molecular weight is 432 g/mol. The van der Waals surface area contributed by atoms with E-state index in [4.69, 9.17) is 21.1 Å². The van der Waals surface area contributed by atoms with Crippen LogP contribution in [-0.4, -0.2) is 13.2 Å². The monoisotopic (exact) mass is 431 g/mol. The van der Waals surface area contributed by atoms with Gasteiger partial charge in [-0.25, -0.2) is 0 Å². The highest BCUT2D eigenvalue weighted by Gasteiger charge is 2.13. The number of nitrogens with one attached hydrogen (secondary N) is 1. The normalized spacial score (nSPS) is 10.3. The van der Waals surface area contributed by atoms with Crippen molar-refractivity contribution in [3.63, 3.8) is 0 Å². The van der Waals surface area contributed by atoms with Crippen LogP contribution in [0.3, 0.4) is 0 Å². The molecule has 3 aromatic rings. The molecule has 0 aliphatic carbocycles. The summed E-state index contributed by atoms with van der Waals surface area (Å²) in [5.41, 5.74) is 3.49. The van der Waals surface area contributed by atoms with E-state index in [-0.39, 0.29) is 12.4 Å². The van der Waals surface area contributed by atoms with E-state index in [0.29, 0.717) is 29.7 Å². The van der Waals surface area contributed by atoms with Gasteiger partial charge in [0, 0.05) is 6.54 Å². The van der Waals surface area contributed by atoms with Gasteiger partial charge in [0.05, 0.1) is 11.6 Å². The maximum atomic E-state index is 6.51. The first kappa shape index (κ1) is 23.1. The molecule has 0 aliphatic heterocycles. The zero-order valence-corrected chi connectivity index (χ0v) is 18.1. The van der Waals surface area contributed by atoms with Gasteiger partial charge in [-0.05, 0) is 48.7 Å². The average Bonchev–Trinajstić information content (AvgIpc) is 2.72. The van der Waals surface area contributed by atoms with Crippen LogP contribution in [-0.2, 0) is 19.6 Å². The van der Waals surface area contributed by atoms with Gasteiger partial charge in [0.1, 0.15) is 6.61 Å². The molecular weight excluding hydrogens is 405 g/mol. The summed E-state index contributed by atoms with van der Waals surface area (Å²) in [6, 6.07) is 24.4. The maximum absolute atomic E-state index is 6.51. The van der Waals surface area contributed by atoms with Crippen molar-refractivity contribution in [2.45, 2.75) is 26.5 Å². The van der Waals surface area contributed by atoms with Crippen molar-refractivity contribution in [3.8, 4) is 11.5 Å². The van der Waals surface area contributed by atoms with Crippen LogP contribution in [0.4, 0.5) is 0 Å². The molecule has 0 atom stereocenters. The van der Waals surface area contributed by atoms with E-state index in [1.54, 1.807) is 0 Å². The molecule has 0 saturated carbocycles. The minimum absolute atomic E-state index is 0. The number of benzene rings is 3. The van der Waals surface area contributed by atoms with E-state index in [2.05, 4.69) is 29.6 Å². The van der Waals surface area contributed by atoms with Crippen molar-refractivity contribution >= 4 is 24.0 Å². The lowest BCUT2D eigenvalue weighted by Crippen LogP contribution is -2.16. The molecule has 3 rings (SSSR count). The molecule has 1 N–H and O–H groups in total. The van der Waals surface area contributed by atoms with Crippen LogP contribution in [0.1, 0.15) is 23.6 Å². The van der Waals surface area contributed by atoms with Crippen LogP contribution in [0, 0.1) is 0 Å². The van der Waals surface area contributed by atoms with Crippen LogP contribution in [0.5, 0.6) is 11.5 Å². The van der Waals surface area contributed by atoms with Crippen LogP contribution in [0.15, 0.2) is 72.8 Å². The lowest BCUT2D eigenvalue weighted by molar-refractivity contribution is 0.269. The van der Waals surface area contributed by atoms with Gasteiger partial charge in [-0.1, -0.05) is 72.3 Å². The second-order valence-corrected chi connectivity index (χ2v) is 6.93. The van der Waals surface area contributed by atoms with Gasteiger partial charge in [0.15, 0.2) is 11.5 Å². The van der Waals surface area contributed by atoms with Gasteiger partial charge in [-0.2, -0.15) is 0 Å². The van der Waals surface area contributed by atoms with Crippen molar-refractivity contribution in [1.29, 1.82) is 0 Å². The zero-order chi connectivity index (χ0) is 19.6. The minimum Gasteiger partial charge on any atom is -0.490 e. The van der Waals surface area contributed by atoms with E-state index in [1.807, 2.05) is 55.5 Å². The Balaban J connectivity index is 0.00000300. The summed E-state index contributed by atoms with van der Waals surface area (Å²) in [6.45, 7) is 4.60. The standard InChI is InChI=1S/C24H26ClNO2.ClH/c1-2-27-23-16-21(17-26-14-13-19-9-5-3-6-10-19)15-22(25)24(23)28-18-20-11-7-4-8-12-20;/h3-12,15-16,26H,2,13-14,17-18H2,1H3;1H. The van der Waals surface area contributed by atoms with Crippen molar-refractivity contribution < 1.29 is 9.47 Å². The van der Waals surface area contributed by atoms with Crippen LogP contribution < -0.4 is 14.8 Å². The van der Waals surface area contributed by atoms with Gasteiger partial charge in [-0.3, -0.25) is 0 Å². The SMILES string of the molecule is CCOc1cc(CNCCc2ccccc2)cc(Cl)c1OCc1ccccc1.Cl. The largest absolute Gasteiger partial charge is 0.490 e. The maximum Gasteiger partial charge on any atom is 0.180 e. The molecule has 3 nitrogen and oxygen atoms in total. The summed E-state index contributed by atoms with van der Waals surface area (Å²) in [6.07, 6.45) is 0.991. The summed E-state index contributed by atoms with van der Waals surface area (Å²) in [5, 5.41) is 4.04. The molecular formula is C24H27Cl2NO2. The van der Waals surface area contributed by atoms with E-state index >= 15 is 0 Å². The molecule has 0 saturated heterocycles. The molecule has 5 heteroatoms. The zero-order valence-electron chi connectivity index (χ0n) is 16.6. The van der Waals surface area contributed by atoms with Gasteiger partial charge in [0.2, 0.25) is 0 Å². The Morgan fingerprint density at radius 3 is 2.14 bits per heavy atom. The first-order valence-corrected chi connectivity index (χ1v) is 10.0. The fourth-order valence-electron chi connectivity index (χ4n) is 2.97. The molecule has 0 radical (unpaired) electrons. The highest BCUT2D eigenvalue weighted by atomic mass is 35.5. The number of hydrogen-bond acceptors (Lipinski definition) is 3. The number of hydrogen-bond donors (Lipinski definition) is 1. The van der Waals surface area contributed by atoms with E-state index in [1.165, 1.54) is 5.56 Å². The molecule has 0 fully saturated rings. The number of rotatable bonds is 10. The van der Waals surface area contributed by atoms with Crippen molar-refractivity contribution in [2.24, 2.45) is 0 Å². The predicted octanol–water partition coefficient (Wildman–Crippen LogP) is 6.07. The Labute approximate surface area is 184 Å². The van der Waals surface area contributed by atoms with E-state index < -0.39 is 0 Å². The fourth-order valence-corrected chi connectivity index (χ4v) is 3.25. The van der Waals surface area contributed by atoms with E-state index in [0.717, 1.165) is 30.6 Å². The van der Waals surface area contributed by atoms with Gasteiger partial charge in [0.25, 0.3) is 0 Å². The molecule has 0 aliphatic rings. The minimum atomic E-state index is 0. The van der Waals surface area contributed by atoms with Crippen molar-refractivity contribution in [2.75, 3.05) is 13.2 Å². The van der Waals surface area contributed by atoms with Crippen LogP contribution in [0.2, 0.25) is 5.02 Å². The third-order valence-electron chi connectivity index (χ3n) is 4.36. The topological polar surface area (TPSA) is 30.5 Å². The lowest BCUT2D eigenvalue weighted by Gasteiger charge is -2.16. The second kappa shape index (κ2) is 12.4. The summed E-state index contributed by atoms with van der Waals surface area (Å²) < 4.78 is 11.8. The van der Waals surface area contributed by atoms with Crippen LogP contribution in [0.25, 0.3) is 0 Å². The molecule has 29 heavy (non-hydrogen) atoms. The first-order valence-electron chi connectivity index (χ1n) is 9.63. The molecule has 0 bridgehead atoms. The highest BCUT2D eigenvalue weighted by Crippen LogP contribution is 2.37. The van der Waals surface area contributed by atoms with Crippen molar-refractivity contribution in [1.82, 2.24) is 5.32 Å². The Morgan fingerprint density at radius 2 is 1.48 bits per heavy atom. The van der Waals surface area contributed by atoms with Gasteiger partial charge in [-0.15, -0.1) is 12.4 Å². The first-order chi connectivity index (χ1) is 13.8. The molecule has 0 heterocycles. The summed E-state index contributed by atoms with van der Waals surface area (Å²) in [5.74, 6) is 1.28. The Kier molecular flexibility index (Phi) is 9.85. The van der Waals surface area contributed by atoms with Crippen molar-refractivity contribution in [3.05, 3.63) is 94.5 Å². The fraction of sp³-hybridized carbons (Fsp3) is 0.250. The summed E-state index contributed by atoms with van der Waals surface area (Å²) in [4.78, 5) is 0. The van der Waals surface area contributed by atoms with Gasteiger partial charge < -0.3 is 14.8 Å². The molecule has 0 aromatic heterocycles. The number of halogens is 2. The van der Waals surface area contributed by atoms with Crippen LogP contribution >= 0.6 is 24.0 Å². The smallest absolute Gasteiger partial charge is 0.180 e. The molecule has 0 unspecified atom stereocenters. The molecule has 0 amide bonds. The second-order valence-electron chi connectivity index (χ2n) is 6.52. The quantitative estimate of drug-likeness (QED) is 0.395. The highest BCUT2D eigenvalue weighted by molar-refractivity contribution is 6.32. The Hall–Kier alpha value is -2.20. The molecule has 0 spiro atoms. The Morgan fingerprint density at radius 1 is 0.828 bits per heavy atom. The summed E-state index contributed by atoms with van der Waals surface area (Å²) in [7, 11) is 0. The summed E-state index contributed by atoms with van der Waals surface area (Å²) >= 11 is 6.51. The molecule has 154 valence electrons. The third kappa shape index (κ3) is 7.28. The lowest BCUT2D eigenvalue weighted by atomic mass is 10.1. The third-order valence-corrected chi connectivity index (χ3v) is 4.64. The number of ether oxygens (including phenoxy) is 2. The Bertz CT molecular complexity index is 858. The molecule has 3 aromatic carbocycles.